The quantitative estimate of drug-likeness (QED) is 0.546. The van der Waals surface area contributed by atoms with Gasteiger partial charge in [-0.05, 0) is 25.0 Å². The summed E-state index contributed by atoms with van der Waals surface area (Å²) in [6, 6.07) is 5.58. The Kier molecular flexibility index (Phi) is 6.13. The molecule has 2 rings (SSSR count). The van der Waals surface area contributed by atoms with Crippen molar-refractivity contribution in [2.45, 2.75) is 33.2 Å². The molecule has 1 aliphatic heterocycles. The molecular formula is C19H24N2O5. The standard InChI is InChI=1S/C19H24N2O5/c1-12(2)11-20(10-9-16(22)26-4)17(23)13(3)21-18(24)14-7-5-6-8-15(14)19(21)25/h5-8,12-13H,9-11H2,1-4H3. The lowest BCUT2D eigenvalue weighted by Gasteiger charge is -2.30. The van der Waals surface area contributed by atoms with E-state index in [4.69, 9.17) is 0 Å². The second-order valence-electron chi connectivity index (χ2n) is 6.71. The van der Waals surface area contributed by atoms with Crippen molar-refractivity contribution in [2.24, 2.45) is 5.92 Å². The molecule has 1 aromatic carbocycles. The lowest BCUT2D eigenvalue weighted by atomic mass is 10.1. The number of ether oxygens (including phenoxy) is 1. The highest BCUT2D eigenvalue weighted by atomic mass is 16.5. The van der Waals surface area contributed by atoms with Crippen molar-refractivity contribution in [3.05, 3.63) is 35.4 Å². The van der Waals surface area contributed by atoms with Crippen molar-refractivity contribution >= 4 is 23.7 Å². The number of benzene rings is 1. The van der Waals surface area contributed by atoms with Gasteiger partial charge in [0.05, 0.1) is 24.7 Å². The summed E-state index contributed by atoms with van der Waals surface area (Å²) >= 11 is 0. The average molecular weight is 360 g/mol. The highest BCUT2D eigenvalue weighted by Crippen LogP contribution is 2.25. The predicted octanol–water partition coefficient (Wildman–Crippen LogP) is 1.72. The number of esters is 1. The van der Waals surface area contributed by atoms with Crippen molar-refractivity contribution in [3.8, 4) is 0 Å². The minimum absolute atomic E-state index is 0.0593. The molecule has 1 aromatic rings. The van der Waals surface area contributed by atoms with E-state index in [0.717, 1.165) is 4.90 Å². The van der Waals surface area contributed by atoms with Gasteiger partial charge >= 0.3 is 5.97 Å². The third kappa shape index (κ3) is 3.92. The molecule has 0 aliphatic carbocycles. The first-order valence-electron chi connectivity index (χ1n) is 8.60. The van der Waals surface area contributed by atoms with E-state index in [1.807, 2.05) is 13.8 Å². The number of carbonyl (C=O) groups is 4. The normalized spacial score (nSPS) is 14.4. The fourth-order valence-electron chi connectivity index (χ4n) is 2.99. The first-order chi connectivity index (χ1) is 12.3. The molecule has 7 nitrogen and oxygen atoms in total. The van der Waals surface area contributed by atoms with E-state index >= 15 is 0 Å². The Morgan fingerprint density at radius 1 is 1.08 bits per heavy atom. The molecule has 1 unspecified atom stereocenters. The molecule has 0 N–H and O–H groups in total. The van der Waals surface area contributed by atoms with Crippen molar-refractivity contribution in [1.82, 2.24) is 9.80 Å². The van der Waals surface area contributed by atoms with Crippen LogP contribution in [0, 0.1) is 5.92 Å². The summed E-state index contributed by atoms with van der Waals surface area (Å²) in [5, 5.41) is 0. The lowest BCUT2D eigenvalue weighted by Crippen LogP contribution is -2.50. The number of hydrogen-bond donors (Lipinski definition) is 0. The SMILES string of the molecule is COC(=O)CCN(CC(C)C)C(=O)C(C)N1C(=O)c2ccccc2C1=O. The molecule has 0 radical (unpaired) electrons. The number of nitrogens with zero attached hydrogens (tertiary/aromatic N) is 2. The summed E-state index contributed by atoms with van der Waals surface area (Å²) in [4.78, 5) is 52.0. The highest BCUT2D eigenvalue weighted by molar-refractivity contribution is 6.22. The van der Waals surface area contributed by atoms with E-state index in [1.165, 1.54) is 18.9 Å². The summed E-state index contributed by atoms with van der Waals surface area (Å²) in [6.45, 7) is 6.03. The summed E-state index contributed by atoms with van der Waals surface area (Å²) in [5.41, 5.74) is 0.615. The lowest BCUT2D eigenvalue weighted by molar-refractivity contribution is -0.142. The summed E-state index contributed by atoms with van der Waals surface area (Å²) in [5.74, 6) is -1.55. The number of rotatable bonds is 7. The van der Waals surface area contributed by atoms with Crippen LogP contribution in [0.5, 0.6) is 0 Å². The van der Waals surface area contributed by atoms with Gasteiger partial charge in [0.25, 0.3) is 11.8 Å². The van der Waals surface area contributed by atoms with Crippen molar-refractivity contribution in [3.63, 3.8) is 0 Å². The van der Waals surface area contributed by atoms with Gasteiger partial charge < -0.3 is 9.64 Å². The molecular weight excluding hydrogens is 336 g/mol. The summed E-state index contributed by atoms with van der Waals surface area (Å²) in [7, 11) is 1.29. The maximum atomic E-state index is 12.9. The fourth-order valence-corrected chi connectivity index (χ4v) is 2.99. The highest BCUT2D eigenvalue weighted by Gasteiger charge is 2.41. The Hall–Kier alpha value is -2.70. The zero-order chi connectivity index (χ0) is 19.4. The van der Waals surface area contributed by atoms with Crippen LogP contribution in [0.25, 0.3) is 0 Å². The van der Waals surface area contributed by atoms with Gasteiger partial charge in [0, 0.05) is 13.1 Å². The first kappa shape index (κ1) is 19.6. The Bertz CT molecular complexity index is 693. The molecule has 1 aliphatic rings. The van der Waals surface area contributed by atoms with Crippen LogP contribution < -0.4 is 0 Å². The van der Waals surface area contributed by atoms with Crippen molar-refractivity contribution < 1.29 is 23.9 Å². The topological polar surface area (TPSA) is 84.0 Å². The molecule has 0 fully saturated rings. The number of methoxy groups -OCH3 is 1. The third-order valence-corrected chi connectivity index (χ3v) is 4.28. The predicted molar refractivity (Wildman–Crippen MR) is 94.5 cm³/mol. The molecule has 0 bridgehead atoms. The molecule has 1 atom stereocenters. The van der Waals surface area contributed by atoms with Crippen LogP contribution in [0.3, 0.4) is 0 Å². The van der Waals surface area contributed by atoms with Gasteiger partial charge in [-0.15, -0.1) is 0 Å². The van der Waals surface area contributed by atoms with Crippen molar-refractivity contribution in [2.75, 3.05) is 20.2 Å². The number of carbonyl (C=O) groups excluding carboxylic acids is 4. The Morgan fingerprint density at radius 3 is 2.08 bits per heavy atom. The smallest absolute Gasteiger partial charge is 0.307 e. The van der Waals surface area contributed by atoms with Gasteiger partial charge in [-0.1, -0.05) is 26.0 Å². The third-order valence-electron chi connectivity index (χ3n) is 4.28. The van der Waals surface area contributed by atoms with Crippen LogP contribution in [-0.4, -0.2) is 59.7 Å². The number of amides is 3. The monoisotopic (exact) mass is 360 g/mol. The summed E-state index contributed by atoms with van der Waals surface area (Å²) in [6.07, 6.45) is 0.0593. The van der Waals surface area contributed by atoms with Crippen LogP contribution >= 0.6 is 0 Å². The molecule has 140 valence electrons. The Morgan fingerprint density at radius 2 is 1.62 bits per heavy atom. The zero-order valence-electron chi connectivity index (χ0n) is 15.5. The van der Waals surface area contributed by atoms with E-state index in [9.17, 15) is 19.2 Å². The second kappa shape index (κ2) is 8.12. The zero-order valence-corrected chi connectivity index (χ0v) is 15.5. The molecule has 0 spiro atoms. The first-order valence-corrected chi connectivity index (χ1v) is 8.60. The molecule has 0 saturated heterocycles. The molecule has 0 saturated carbocycles. The maximum absolute atomic E-state index is 12.9. The van der Waals surface area contributed by atoms with E-state index in [1.54, 1.807) is 24.3 Å². The maximum Gasteiger partial charge on any atom is 0.307 e. The number of hydrogen-bond acceptors (Lipinski definition) is 5. The van der Waals surface area contributed by atoms with Crippen LogP contribution in [0.1, 0.15) is 47.9 Å². The van der Waals surface area contributed by atoms with Gasteiger partial charge in [-0.2, -0.15) is 0 Å². The van der Waals surface area contributed by atoms with Crippen LogP contribution in [0.4, 0.5) is 0 Å². The second-order valence-corrected chi connectivity index (χ2v) is 6.71. The fraction of sp³-hybridized carbons (Fsp3) is 0.474. The van der Waals surface area contributed by atoms with E-state index in [0.29, 0.717) is 17.7 Å². The number of fused-ring (bicyclic) bond motifs is 1. The van der Waals surface area contributed by atoms with Crippen molar-refractivity contribution in [1.29, 1.82) is 0 Å². The molecule has 0 aromatic heterocycles. The van der Waals surface area contributed by atoms with E-state index in [2.05, 4.69) is 4.74 Å². The van der Waals surface area contributed by atoms with Gasteiger partial charge in [0.15, 0.2) is 0 Å². The molecule has 3 amide bonds. The minimum Gasteiger partial charge on any atom is -0.469 e. The van der Waals surface area contributed by atoms with Crippen LogP contribution in [0.15, 0.2) is 24.3 Å². The van der Waals surface area contributed by atoms with Gasteiger partial charge in [-0.25, -0.2) is 0 Å². The van der Waals surface area contributed by atoms with Crippen LogP contribution in [0.2, 0.25) is 0 Å². The largest absolute Gasteiger partial charge is 0.469 e. The minimum atomic E-state index is -0.946. The Balaban J connectivity index is 2.19. The average Bonchev–Trinajstić information content (AvgIpc) is 2.88. The molecule has 7 heteroatoms. The number of imide groups is 1. The molecule has 1 heterocycles. The van der Waals surface area contributed by atoms with Gasteiger partial charge in [0.1, 0.15) is 6.04 Å². The van der Waals surface area contributed by atoms with Gasteiger partial charge in [0.2, 0.25) is 5.91 Å². The van der Waals surface area contributed by atoms with E-state index in [-0.39, 0.29) is 24.8 Å². The summed E-state index contributed by atoms with van der Waals surface area (Å²) < 4.78 is 4.63. The Labute approximate surface area is 152 Å². The molecule has 26 heavy (non-hydrogen) atoms. The van der Waals surface area contributed by atoms with Crippen LogP contribution in [-0.2, 0) is 14.3 Å². The van der Waals surface area contributed by atoms with Gasteiger partial charge in [-0.3, -0.25) is 24.1 Å². The van der Waals surface area contributed by atoms with E-state index < -0.39 is 23.8 Å².